The molecule has 1 aromatic carbocycles. The molecule has 0 aliphatic rings. The number of carbonyl (C=O) groups excluding carboxylic acids is 3. The van der Waals surface area contributed by atoms with Crippen molar-refractivity contribution < 1.29 is 24.3 Å². The highest BCUT2D eigenvalue weighted by Crippen LogP contribution is 2.05. The number of carboxylic acids is 1. The molecule has 29 heavy (non-hydrogen) atoms. The predicted octanol–water partition coefficient (Wildman–Crippen LogP) is -0.207. The Kier molecular flexibility index (Phi) is 9.81. The van der Waals surface area contributed by atoms with Crippen molar-refractivity contribution in [3.8, 4) is 0 Å². The minimum absolute atomic E-state index is 0.172. The van der Waals surface area contributed by atoms with Crippen LogP contribution in [0.25, 0.3) is 0 Å². The molecule has 3 unspecified atom stereocenters. The zero-order chi connectivity index (χ0) is 22.0. The van der Waals surface area contributed by atoms with Crippen molar-refractivity contribution >= 4 is 23.7 Å². The first kappa shape index (κ1) is 24.1. The first-order valence-corrected chi connectivity index (χ1v) is 9.49. The van der Waals surface area contributed by atoms with Gasteiger partial charge in [-0.25, -0.2) is 0 Å². The monoisotopic (exact) mass is 406 g/mol. The predicted molar refractivity (Wildman–Crippen MR) is 108 cm³/mol. The Bertz CT molecular complexity index is 708. The molecule has 0 heterocycles. The van der Waals surface area contributed by atoms with Gasteiger partial charge in [-0.1, -0.05) is 44.2 Å². The molecule has 1 aromatic rings. The van der Waals surface area contributed by atoms with Gasteiger partial charge in [0.05, 0.1) is 12.6 Å². The number of benzene rings is 1. The zero-order valence-electron chi connectivity index (χ0n) is 17.0. The summed E-state index contributed by atoms with van der Waals surface area (Å²) in [7, 11) is 0. The zero-order valence-corrected chi connectivity index (χ0v) is 17.0. The molecule has 0 spiro atoms. The molecule has 0 saturated heterocycles. The van der Waals surface area contributed by atoms with Crippen molar-refractivity contribution in [2.75, 3.05) is 6.54 Å². The molecule has 0 aliphatic carbocycles. The second-order valence-electron chi connectivity index (χ2n) is 7.33. The molecule has 6 N–H and O–H groups in total. The Morgan fingerprint density at radius 3 is 2.17 bits per heavy atom. The topological polar surface area (TPSA) is 151 Å². The Morgan fingerprint density at radius 2 is 1.62 bits per heavy atom. The van der Waals surface area contributed by atoms with Crippen LogP contribution in [0.15, 0.2) is 30.3 Å². The SMILES string of the molecule is CC(C)CC(N)C(=O)NCC(=O)NC(Cc1ccccc1)C(=O)NC(C)C(=O)O. The lowest BCUT2D eigenvalue weighted by atomic mass is 10.0. The van der Waals surface area contributed by atoms with Crippen LogP contribution in [0.5, 0.6) is 0 Å². The molecule has 9 heteroatoms. The van der Waals surface area contributed by atoms with Gasteiger partial charge < -0.3 is 26.8 Å². The summed E-state index contributed by atoms with van der Waals surface area (Å²) in [6.45, 7) is 4.87. The van der Waals surface area contributed by atoms with Crippen LogP contribution in [0.3, 0.4) is 0 Å². The van der Waals surface area contributed by atoms with Crippen molar-refractivity contribution in [3.63, 3.8) is 0 Å². The lowest BCUT2D eigenvalue weighted by Crippen LogP contribution is -2.54. The molecule has 0 aromatic heterocycles. The molecule has 160 valence electrons. The van der Waals surface area contributed by atoms with Gasteiger partial charge >= 0.3 is 5.97 Å². The van der Waals surface area contributed by atoms with Crippen LogP contribution in [0.4, 0.5) is 0 Å². The minimum atomic E-state index is -1.19. The first-order valence-electron chi connectivity index (χ1n) is 9.49. The first-order chi connectivity index (χ1) is 13.6. The van der Waals surface area contributed by atoms with E-state index in [4.69, 9.17) is 10.8 Å². The maximum absolute atomic E-state index is 12.5. The highest BCUT2D eigenvalue weighted by atomic mass is 16.4. The van der Waals surface area contributed by atoms with Crippen LogP contribution in [0.2, 0.25) is 0 Å². The molecule has 0 fully saturated rings. The second-order valence-corrected chi connectivity index (χ2v) is 7.33. The summed E-state index contributed by atoms with van der Waals surface area (Å²) < 4.78 is 0. The largest absolute Gasteiger partial charge is 0.480 e. The van der Waals surface area contributed by atoms with Gasteiger partial charge in [0.25, 0.3) is 0 Å². The van der Waals surface area contributed by atoms with E-state index in [1.807, 2.05) is 19.9 Å². The Labute approximate surface area is 170 Å². The standard InChI is InChI=1S/C20H30N4O5/c1-12(2)9-15(21)18(26)22-11-17(25)24-16(10-14-7-5-4-6-8-14)19(27)23-13(3)20(28)29/h4-8,12-13,15-16H,9-11,21H2,1-3H3,(H,22,26)(H,23,27)(H,24,25)(H,28,29). The van der Waals surface area contributed by atoms with Crippen molar-refractivity contribution in [1.82, 2.24) is 16.0 Å². The number of amides is 3. The Balaban J connectivity index is 2.72. The average molecular weight is 406 g/mol. The third-order valence-corrected chi connectivity index (χ3v) is 4.15. The van der Waals surface area contributed by atoms with Crippen molar-refractivity contribution in [2.45, 2.75) is 51.7 Å². The summed E-state index contributed by atoms with van der Waals surface area (Å²) in [6.07, 6.45) is 0.658. The van der Waals surface area contributed by atoms with Gasteiger partial charge in [0.2, 0.25) is 17.7 Å². The molecular formula is C20H30N4O5. The normalized spacial score (nSPS) is 13.8. The van der Waals surface area contributed by atoms with E-state index in [9.17, 15) is 19.2 Å². The van der Waals surface area contributed by atoms with Gasteiger partial charge in [-0.05, 0) is 24.8 Å². The van der Waals surface area contributed by atoms with Crippen LogP contribution in [0.1, 0.15) is 32.8 Å². The summed E-state index contributed by atoms with van der Waals surface area (Å²) in [4.78, 5) is 47.7. The van der Waals surface area contributed by atoms with Crippen molar-refractivity contribution in [2.24, 2.45) is 11.7 Å². The van der Waals surface area contributed by atoms with Gasteiger partial charge in [-0.15, -0.1) is 0 Å². The average Bonchev–Trinajstić information content (AvgIpc) is 2.65. The van der Waals surface area contributed by atoms with Crippen LogP contribution < -0.4 is 21.7 Å². The summed E-state index contributed by atoms with van der Waals surface area (Å²) in [6, 6.07) is 6.17. The Hall–Kier alpha value is -2.94. The molecule has 0 saturated carbocycles. The summed E-state index contributed by atoms with van der Waals surface area (Å²) in [5.74, 6) is -2.60. The third kappa shape index (κ3) is 9.20. The van der Waals surface area contributed by atoms with Gasteiger partial charge in [0, 0.05) is 6.42 Å². The Morgan fingerprint density at radius 1 is 1.00 bits per heavy atom. The molecule has 9 nitrogen and oxygen atoms in total. The third-order valence-electron chi connectivity index (χ3n) is 4.15. The van der Waals surface area contributed by atoms with Gasteiger partial charge in [0.1, 0.15) is 12.1 Å². The number of nitrogens with one attached hydrogen (secondary N) is 3. The molecular weight excluding hydrogens is 376 g/mol. The number of hydrogen-bond acceptors (Lipinski definition) is 5. The molecule has 0 bridgehead atoms. The molecule has 0 radical (unpaired) electrons. The number of nitrogens with two attached hydrogens (primary N) is 1. The lowest BCUT2D eigenvalue weighted by Gasteiger charge is -2.20. The van der Waals surface area contributed by atoms with E-state index in [2.05, 4.69) is 16.0 Å². The number of carbonyl (C=O) groups is 4. The maximum atomic E-state index is 12.5. The summed E-state index contributed by atoms with van der Waals surface area (Å²) in [5, 5.41) is 16.3. The number of rotatable bonds is 11. The maximum Gasteiger partial charge on any atom is 0.325 e. The van der Waals surface area contributed by atoms with E-state index in [0.29, 0.717) is 6.42 Å². The molecule has 1 rings (SSSR count). The fourth-order valence-corrected chi connectivity index (χ4v) is 2.59. The van der Waals surface area contributed by atoms with E-state index >= 15 is 0 Å². The minimum Gasteiger partial charge on any atom is -0.480 e. The van der Waals surface area contributed by atoms with Gasteiger partial charge in [-0.2, -0.15) is 0 Å². The molecule has 0 aliphatic heterocycles. The highest BCUT2D eigenvalue weighted by Gasteiger charge is 2.25. The van der Waals surface area contributed by atoms with Crippen LogP contribution in [0, 0.1) is 5.92 Å². The van der Waals surface area contributed by atoms with Gasteiger partial charge in [0.15, 0.2) is 0 Å². The van der Waals surface area contributed by atoms with Crippen molar-refractivity contribution in [1.29, 1.82) is 0 Å². The summed E-state index contributed by atoms with van der Waals surface area (Å²) in [5.41, 5.74) is 6.57. The number of aliphatic carboxylic acids is 1. The highest BCUT2D eigenvalue weighted by molar-refractivity contribution is 5.92. The second kappa shape index (κ2) is 11.8. The molecule has 3 atom stereocenters. The van der Waals surface area contributed by atoms with Gasteiger partial charge in [-0.3, -0.25) is 19.2 Å². The van der Waals surface area contributed by atoms with Crippen LogP contribution in [-0.4, -0.2) is 53.5 Å². The lowest BCUT2D eigenvalue weighted by molar-refractivity contribution is -0.141. The number of carboxylic acid groups (broad SMARTS) is 1. The van der Waals surface area contributed by atoms with E-state index in [1.165, 1.54) is 6.92 Å². The smallest absolute Gasteiger partial charge is 0.325 e. The fourth-order valence-electron chi connectivity index (χ4n) is 2.59. The number of hydrogen-bond donors (Lipinski definition) is 5. The van der Waals surface area contributed by atoms with E-state index in [0.717, 1.165) is 5.56 Å². The van der Waals surface area contributed by atoms with E-state index in [-0.39, 0.29) is 18.9 Å². The quantitative estimate of drug-likeness (QED) is 0.343. The van der Waals surface area contributed by atoms with Crippen LogP contribution >= 0.6 is 0 Å². The summed E-state index contributed by atoms with van der Waals surface area (Å²) >= 11 is 0. The van der Waals surface area contributed by atoms with Crippen molar-refractivity contribution in [3.05, 3.63) is 35.9 Å². The van der Waals surface area contributed by atoms with E-state index < -0.39 is 41.8 Å². The van der Waals surface area contributed by atoms with Crippen LogP contribution in [-0.2, 0) is 25.6 Å². The fraction of sp³-hybridized carbons (Fsp3) is 0.500. The molecule has 3 amide bonds. The van der Waals surface area contributed by atoms with E-state index in [1.54, 1.807) is 24.3 Å².